The van der Waals surface area contributed by atoms with E-state index in [0.29, 0.717) is 16.8 Å². The summed E-state index contributed by atoms with van der Waals surface area (Å²) in [6.45, 7) is 10.2. The van der Waals surface area contributed by atoms with Crippen LogP contribution in [-0.4, -0.2) is 5.78 Å². The summed E-state index contributed by atoms with van der Waals surface area (Å²) in [5.74, 6) is 0.00563. The van der Waals surface area contributed by atoms with Crippen LogP contribution in [0.5, 0.6) is 0 Å². The largest absolute Gasteiger partial charge is 0.398 e. The molecule has 0 spiro atoms. The third-order valence-electron chi connectivity index (χ3n) is 4.51. The minimum Gasteiger partial charge on any atom is -0.398 e. The van der Waals surface area contributed by atoms with Gasteiger partial charge in [-0.25, -0.2) is 0 Å². The SMILES string of the molecule is C=C(C1=C(C)CC=CC=C1)/C(C)=C(\C)C(=O)C1=CCCC=C1N. The summed E-state index contributed by atoms with van der Waals surface area (Å²) in [4.78, 5) is 12.8. The molecule has 2 heteroatoms. The summed E-state index contributed by atoms with van der Waals surface area (Å²) in [6.07, 6.45) is 14.8. The molecule has 0 radical (unpaired) electrons. The Morgan fingerprint density at radius 2 is 1.83 bits per heavy atom. The lowest BCUT2D eigenvalue weighted by Gasteiger charge is -2.16. The normalized spacial score (nSPS) is 18.9. The molecule has 2 aliphatic carbocycles. The fraction of sp³-hybridized carbons (Fsp3) is 0.286. The average Bonchev–Trinajstić information content (AvgIpc) is 2.77. The zero-order valence-electron chi connectivity index (χ0n) is 14.3. The highest BCUT2D eigenvalue weighted by Gasteiger charge is 2.19. The van der Waals surface area contributed by atoms with Crippen LogP contribution in [0.15, 0.2) is 82.2 Å². The van der Waals surface area contributed by atoms with Gasteiger partial charge in [-0.1, -0.05) is 48.6 Å². The van der Waals surface area contributed by atoms with Crippen molar-refractivity contribution in [2.75, 3.05) is 0 Å². The van der Waals surface area contributed by atoms with Gasteiger partial charge in [0.1, 0.15) is 0 Å². The number of carbonyl (C=O) groups is 1. The van der Waals surface area contributed by atoms with Gasteiger partial charge in [0.25, 0.3) is 0 Å². The zero-order valence-corrected chi connectivity index (χ0v) is 14.3. The van der Waals surface area contributed by atoms with Gasteiger partial charge < -0.3 is 5.73 Å². The second kappa shape index (κ2) is 7.28. The first-order valence-corrected chi connectivity index (χ1v) is 8.04. The predicted octanol–water partition coefficient (Wildman–Crippen LogP) is 4.84. The van der Waals surface area contributed by atoms with Gasteiger partial charge in [-0.2, -0.15) is 0 Å². The molecule has 0 bridgehead atoms. The number of nitrogens with two attached hydrogens (primary N) is 1. The van der Waals surface area contributed by atoms with E-state index in [0.717, 1.165) is 36.0 Å². The van der Waals surface area contributed by atoms with E-state index in [1.54, 1.807) is 0 Å². The van der Waals surface area contributed by atoms with Crippen molar-refractivity contribution in [2.45, 2.75) is 40.0 Å². The Kier molecular flexibility index (Phi) is 5.38. The van der Waals surface area contributed by atoms with Gasteiger partial charge >= 0.3 is 0 Å². The summed E-state index contributed by atoms with van der Waals surface area (Å²) in [5, 5.41) is 0. The Hall–Kier alpha value is -2.35. The molecule has 0 heterocycles. The van der Waals surface area contributed by atoms with Crippen molar-refractivity contribution < 1.29 is 4.79 Å². The molecule has 23 heavy (non-hydrogen) atoms. The lowest BCUT2D eigenvalue weighted by atomic mass is 9.88. The van der Waals surface area contributed by atoms with E-state index >= 15 is 0 Å². The Morgan fingerprint density at radius 1 is 1.13 bits per heavy atom. The van der Waals surface area contributed by atoms with Gasteiger partial charge in [-0.3, -0.25) is 4.79 Å². The van der Waals surface area contributed by atoms with Crippen LogP contribution in [-0.2, 0) is 4.79 Å². The Bertz CT molecular complexity index is 721. The van der Waals surface area contributed by atoms with Crippen LogP contribution in [0.4, 0.5) is 0 Å². The number of ketones is 1. The van der Waals surface area contributed by atoms with E-state index in [1.165, 1.54) is 5.57 Å². The highest BCUT2D eigenvalue weighted by molar-refractivity contribution is 6.11. The Morgan fingerprint density at radius 3 is 2.52 bits per heavy atom. The van der Waals surface area contributed by atoms with Crippen LogP contribution in [0.2, 0.25) is 0 Å². The lowest BCUT2D eigenvalue weighted by Crippen LogP contribution is -2.15. The molecule has 2 aliphatic rings. The summed E-state index contributed by atoms with van der Waals surface area (Å²) in [5.41, 5.74) is 12.1. The van der Waals surface area contributed by atoms with Crippen molar-refractivity contribution >= 4 is 5.78 Å². The highest BCUT2D eigenvalue weighted by atomic mass is 16.1. The van der Waals surface area contributed by atoms with Crippen molar-refractivity contribution in [3.05, 3.63) is 82.2 Å². The van der Waals surface area contributed by atoms with E-state index in [9.17, 15) is 4.79 Å². The highest BCUT2D eigenvalue weighted by Crippen LogP contribution is 2.29. The number of carbonyl (C=O) groups excluding carboxylic acids is 1. The maximum absolute atomic E-state index is 12.8. The molecule has 2 N–H and O–H groups in total. The Labute approximate surface area is 139 Å². The van der Waals surface area contributed by atoms with Gasteiger partial charge in [0.05, 0.1) is 0 Å². The second-order valence-electron chi connectivity index (χ2n) is 6.10. The van der Waals surface area contributed by atoms with Crippen molar-refractivity contribution in [2.24, 2.45) is 5.73 Å². The molecule has 120 valence electrons. The number of rotatable bonds is 4. The molecule has 0 aliphatic heterocycles. The molecule has 0 atom stereocenters. The summed E-state index contributed by atoms with van der Waals surface area (Å²) < 4.78 is 0. The van der Waals surface area contributed by atoms with Gasteiger partial charge in [0.15, 0.2) is 5.78 Å². The van der Waals surface area contributed by atoms with E-state index in [-0.39, 0.29) is 5.78 Å². The number of Topliss-reactive ketones (excluding diaryl/α,β-unsaturated/α-hetero) is 1. The fourth-order valence-corrected chi connectivity index (χ4v) is 2.80. The Balaban J connectivity index is 2.33. The van der Waals surface area contributed by atoms with Crippen LogP contribution in [0, 0.1) is 0 Å². The third-order valence-corrected chi connectivity index (χ3v) is 4.51. The van der Waals surface area contributed by atoms with Crippen LogP contribution < -0.4 is 5.73 Å². The summed E-state index contributed by atoms with van der Waals surface area (Å²) >= 11 is 0. The first-order chi connectivity index (χ1) is 10.9. The minimum atomic E-state index is 0.00563. The molecule has 0 saturated heterocycles. The van der Waals surface area contributed by atoms with Crippen molar-refractivity contribution in [3.63, 3.8) is 0 Å². The van der Waals surface area contributed by atoms with E-state index in [2.05, 4.69) is 25.7 Å². The maximum atomic E-state index is 12.8. The molecule has 0 aromatic heterocycles. The van der Waals surface area contributed by atoms with Gasteiger partial charge in [-0.15, -0.1) is 0 Å². The minimum absolute atomic E-state index is 0.00563. The molecule has 0 amide bonds. The average molecular weight is 307 g/mol. The predicted molar refractivity (Wildman–Crippen MR) is 97.7 cm³/mol. The summed E-state index contributed by atoms with van der Waals surface area (Å²) in [6, 6.07) is 0. The third kappa shape index (κ3) is 3.70. The van der Waals surface area contributed by atoms with E-state index in [1.807, 2.05) is 38.2 Å². The zero-order chi connectivity index (χ0) is 17.0. The number of hydrogen-bond donors (Lipinski definition) is 1. The second-order valence-corrected chi connectivity index (χ2v) is 6.10. The van der Waals surface area contributed by atoms with Gasteiger partial charge in [-0.05, 0) is 56.8 Å². The van der Waals surface area contributed by atoms with Crippen molar-refractivity contribution in [1.82, 2.24) is 0 Å². The topological polar surface area (TPSA) is 43.1 Å². The van der Waals surface area contributed by atoms with E-state index < -0.39 is 0 Å². The first-order valence-electron chi connectivity index (χ1n) is 8.04. The van der Waals surface area contributed by atoms with Gasteiger partial charge in [0, 0.05) is 16.8 Å². The van der Waals surface area contributed by atoms with Crippen LogP contribution >= 0.6 is 0 Å². The van der Waals surface area contributed by atoms with Crippen molar-refractivity contribution in [3.8, 4) is 0 Å². The molecular weight excluding hydrogens is 282 g/mol. The van der Waals surface area contributed by atoms with Gasteiger partial charge in [0.2, 0.25) is 0 Å². The molecule has 0 fully saturated rings. The monoisotopic (exact) mass is 307 g/mol. The van der Waals surface area contributed by atoms with Crippen LogP contribution in [0.1, 0.15) is 40.0 Å². The standard InChI is InChI=1S/C21H25NO/c1-14-10-6-5-7-11-18(14)16(3)15(2)17(4)21(23)19-12-8-9-13-20(19)22/h5-7,11-13H,3,8-10,22H2,1-2,4H3/b17-15+. The van der Waals surface area contributed by atoms with Crippen molar-refractivity contribution in [1.29, 1.82) is 0 Å². The smallest absolute Gasteiger partial charge is 0.190 e. The van der Waals surface area contributed by atoms with Crippen LogP contribution in [0.3, 0.4) is 0 Å². The quantitative estimate of drug-likeness (QED) is 0.596. The maximum Gasteiger partial charge on any atom is 0.190 e. The number of allylic oxidation sites excluding steroid dienone is 12. The van der Waals surface area contributed by atoms with Crippen LogP contribution in [0.25, 0.3) is 0 Å². The van der Waals surface area contributed by atoms with E-state index in [4.69, 9.17) is 5.73 Å². The summed E-state index contributed by atoms with van der Waals surface area (Å²) in [7, 11) is 0. The lowest BCUT2D eigenvalue weighted by molar-refractivity contribution is -0.112. The molecule has 0 aromatic carbocycles. The fourth-order valence-electron chi connectivity index (χ4n) is 2.80. The number of hydrogen-bond acceptors (Lipinski definition) is 2. The molecule has 0 saturated carbocycles. The molecule has 2 nitrogen and oxygen atoms in total. The molecule has 0 aromatic rings. The molecule has 2 rings (SSSR count). The first kappa shape index (κ1) is 17.0. The molecule has 0 unspecified atom stereocenters. The molecular formula is C21H25NO.